The van der Waals surface area contributed by atoms with Crippen LogP contribution < -0.4 is 9.47 Å². The van der Waals surface area contributed by atoms with Crippen molar-refractivity contribution in [2.75, 3.05) is 20.5 Å². The van der Waals surface area contributed by atoms with Crippen LogP contribution in [-0.4, -0.2) is 30.4 Å². The second-order valence-corrected chi connectivity index (χ2v) is 6.54. The molecule has 0 radical (unpaired) electrons. The lowest BCUT2D eigenvalue weighted by Crippen LogP contribution is -2.03. The summed E-state index contributed by atoms with van der Waals surface area (Å²) in [7, 11) is 3.29. The third-order valence-corrected chi connectivity index (χ3v) is 4.51. The number of rotatable bonds is 6. The summed E-state index contributed by atoms with van der Waals surface area (Å²) in [6.07, 6.45) is 4.37. The molecule has 2 aromatic rings. The van der Waals surface area contributed by atoms with E-state index in [9.17, 15) is 0 Å². The van der Waals surface area contributed by atoms with Gasteiger partial charge in [-0.15, -0.1) is 0 Å². The zero-order valence-corrected chi connectivity index (χ0v) is 15.6. The highest BCUT2D eigenvalue weighted by Gasteiger charge is 2.16. The number of benzene rings is 1. The van der Waals surface area contributed by atoms with Crippen LogP contribution in [0.5, 0.6) is 11.5 Å². The Balaban J connectivity index is 2.45. The van der Waals surface area contributed by atoms with Crippen LogP contribution >= 0.6 is 23.4 Å². The van der Waals surface area contributed by atoms with Gasteiger partial charge in [-0.2, -0.15) is 0 Å². The van der Waals surface area contributed by atoms with E-state index in [1.54, 1.807) is 20.4 Å². The van der Waals surface area contributed by atoms with E-state index in [1.165, 1.54) is 17.3 Å². The SMILES string of the molecule is COc1cc(Cc2cnc(SC)nc2Cl)c(C(C)C)cc1OC. The highest BCUT2D eigenvalue weighted by atomic mass is 35.5. The van der Waals surface area contributed by atoms with E-state index < -0.39 is 0 Å². The number of ether oxygens (including phenoxy) is 2. The lowest BCUT2D eigenvalue weighted by Gasteiger charge is -2.17. The van der Waals surface area contributed by atoms with E-state index >= 15 is 0 Å². The van der Waals surface area contributed by atoms with Crippen molar-refractivity contribution in [3.8, 4) is 11.5 Å². The summed E-state index contributed by atoms with van der Waals surface area (Å²) in [5.41, 5.74) is 3.24. The summed E-state index contributed by atoms with van der Waals surface area (Å²) < 4.78 is 10.8. The molecule has 0 saturated carbocycles. The molecule has 1 aromatic heterocycles. The van der Waals surface area contributed by atoms with Crippen LogP contribution in [0, 0.1) is 0 Å². The van der Waals surface area contributed by atoms with Crippen LogP contribution in [0.15, 0.2) is 23.5 Å². The van der Waals surface area contributed by atoms with E-state index in [2.05, 4.69) is 23.8 Å². The smallest absolute Gasteiger partial charge is 0.188 e. The number of thioether (sulfide) groups is 1. The lowest BCUT2D eigenvalue weighted by molar-refractivity contribution is 0.354. The van der Waals surface area contributed by atoms with Gasteiger partial charge in [-0.05, 0) is 35.4 Å². The maximum Gasteiger partial charge on any atom is 0.188 e. The van der Waals surface area contributed by atoms with Gasteiger partial charge in [0.05, 0.1) is 14.2 Å². The quantitative estimate of drug-likeness (QED) is 0.432. The minimum absolute atomic E-state index is 0.356. The van der Waals surface area contributed by atoms with Crippen molar-refractivity contribution in [2.24, 2.45) is 0 Å². The maximum absolute atomic E-state index is 6.30. The molecule has 0 aliphatic carbocycles. The average molecular weight is 353 g/mol. The molecule has 1 aromatic carbocycles. The summed E-state index contributed by atoms with van der Waals surface area (Å²) in [5.74, 6) is 1.81. The standard InChI is InChI=1S/C17H21ClN2O2S/c1-10(2)13-8-15(22-4)14(21-3)7-11(13)6-12-9-19-17(23-5)20-16(12)18/h7-10H,6H2,1-5H3. The van der Waals surface area contributed by atoms with Gasteiger partial charge in [-0.1, -0.05) is 37.2 Å². The number of hydrogen-bond donors (Lipinski definition) is 0. The molecule has 0 aliphatic rings. The van der Waals surface area contributed by atoms with Gasteiger partial charge in [0.25, 0.3) is 0 Å². The largest absolute Gasteiger partial charge is 0.493 e. The van der Waals surface area contributed by atoms with E-state index in [1.807, 2.05) is 18.4 Å². The Labute approximate surface area is 146 Å². The molecule has 0 atom stereocenters. The van der Waals surface area contributed by atoms with Gasteiger partial charge in [0, 0.05) is 18.2 Å². The number of halogens is 1. The number of hydrogen-bond acceptors (Lipinski definition) is 5. The van der Waals surface area contributed by atoms with Crippen LogP contribution in [0.1, 0.15) is 36.5 Å². The van der Waals surface area contributed by atoms with Gasteiger partial charge >= 0.3 is 0 Å². The van der Waals surface area contributed by atoms with Gasteiger partial charge < -0.3 is 9.47 Å². The van der Waals surface area contributed by atoms with E-state index in [0.29, 0.717) is 28.4 Å². The van der Waals surface area contributed by atoms with E-state index in [-0.39, 0.29) is 0 Å². The highest BCUT2D eigenvalue weighted by molar-refractivity contribution is 7.98. The molecule has 0 aliphatic heterocycles. The lowest BCUT2D eigenvalue weighted by atomic mass is 9.93. The molecule has 0 unspecified atom stereocenters. The molecule has 0 amide bonds. The summed E-state index contributed by atoms with van der Waals surface area (Å²) in [4.78, 5) is 8.62. The third kappa shape index (κ3) is 4.09. The van der Waals surface area contributed by atoms with Gasteiger partial charge in [0.1, 0.15) is 5.15 Å². The molecule has 1 heterocycles. The summed E-state index contributed by atoms with van der Waals surface area (Å²) in [5, 5.41) is 1.17. The fraction of sp³-hybridized carbons (Fsp3) is 0.412. The summed E-state index contributed by atoms with van der Waals surface area (Å²) in [6.45, 7) is 4.30. The first-order valence-corrected chi connectivity index (χ1v) is 8.90. The Bertz CT molecular complexity index is 693. The molecule has 23 heavy (non-hydrogen) atoms. The second-order valence-electron chi connectivity index (χ2n) is 5.41. The van der Waals surface area contributed by atoms with E-state index in [4.69, 9.17) is 21.1 Å². The molecule has 124 valence electrons. The Morgan fingerprint density at radius 3 is 2.30 bits per heavy atom. The number of aromatic nitrogens is 2. The first-order chi connectivity index (χ1) is 11.0. The first-order valence-electron chi connectivity index (χ1n) is 7.30. The topological polar surface area (TPSA) is 44.2 Å². The number of nitrogens with zero attached hydrogens (tertiary/aromatic N) is 2. The van der Waals surface area contributed by atoms with Crippen LogP contribution in [0.25, 0.3) is 0 Å². The fourth-order valence-electron chi connectivity index (χ4n) is 2.42. The fourth-order valence-corrected chi connectivity index (χ4v) is 3.01. The van der Waals surface area contributed by atoms with Gasteiger partial charge in [0.2, 0.25) is 0 Å². The zero-order valence-electron chi connectivity index (χ0n) is 14.0. The van der Waals surface area contributed by atoms with Gasteiger partial charge in [-0.25, -0.2) is 9.97 Å². The Kier molecular flexibility index (Phi) is 6.13. The molecular formula is C17H21ClN2O2S. The van der Waals surface area contributed by atoms with Crippen molar-refractivity contribution >= 4 is 23.4 Å². The second kappa shape index (κ2) is 7.88. The molecule has 6 heteroatoms. The van der Waals surface area contributed by atoms with Crippen molar-refractivity contribution in [1.82, 2.24) is 9.97 Å². The molecule has 0 spiro atoms. The monoisotopic (exact) mass is 352 g/mol. The highest BCUT2D eigenvalue weighted by Crippen LogP contribution is 2.35. The molecule has 0 fully saturated rings. The Hall–Kier alpha value is -1.46. The average Bonchev–Trinajstić information content (AvgIpc) is 2.55. The predicted octanol–water partition coefficient (Wildman–Crippen LogP) is 4.58. The normalized spacial score (nSPS) is 10.9. The van der Waals surface area contributed by atoms with Gasteiger partial charge in [-0.3, -0.25) is 0 Å². The van der Waals surface area contributed by atoms with Crippen LogP contribution in [-0.2, 0) is 6.42 Å². The molecule has 0 N–H and O–H groups in total. The molecule has 2 rings (SSSR count). The molecule has 0 bridgehead atoms. The minimum atomic E-state index is 0.356. The number of methoxy groups -OCH3 is 2. The van der Waals surface area contributed by atoms with Crippen LogP contribution in [0.2, 0.25) is 5.15 Å². The predicted molar refractivity (Wildman–Crippen MR) is 95.3 cm³/mol. The van der Waals surface area contributed by atoms with Gasteiger partial charge in [0.15, 0.2) is 16.7 Å². The van der Waals surface area contributed by atoms with Crippen molar-refractivity contribution in [3.05, 3.63) is 40.2 Å². The molecule has 0 saturated heterocycles. The Morgan fingerprint density at radius 1 is 1.13 bits per heavy atom. The van der Waals surface area contributed by atoms with Crippen molar-refractivity contribution in [2.45, 2.75) is 31.3 Å². The summed E-state index contributed by atoms with van der Waals surface area (Å²) >= 11 is 7.78. The zero-order chi connectivity index (χ0) is 17.0. The maximum atomic E-state index is 6.30. The summed E-state index contributed by atoms with van der Waals surface area (Å²) in [6, 6.07) is 4.04. The molecule has 4 nitrogen and oxygen atoms in total. The van der Waals surface area contributed by atoms with Crippen LogP contribution in [0.3, 0.4) is 0 Å². The minimum Gasteiger partial charge on any atom is -0.493 e. The first kappa shape index (κ1) is 17.9. The van der Waals surface area contributed by atoms with Crippen LogP contribution in [0.4, 0.5) is 0 Å². The Morgan fingerprint density at radius 2 is 1.78 bits per heavy atom. The van der Waals surface area contributed by atoms with E-state index in [0.717, 1.165) is 16.9 Å². The third-order valence-electron chi connectivity index (χ3n) is 3.62. The van der Waals surface area contributed by atoms with Crippen molar-refractivity contribution in [3.63, 3.8) is 0 Å². The van der Waals surface area contributed by atoms with Crippen molar-refractivity contribution < 1.29 is 9.47 Å². The van der Waals surface area contributed by atoms with Crippen molar-refractivity contribution in [1.29, 1.82) is 0 Å². The molecular weight excluding hydrogens is 332 g/mol.